The summed E-state index contributed by atoms with van der Waals surface area (Å²) in [5, 5.41) is 23.5. The maximum Gasteiger partial charge on any atom is 0.269 e. The van der Waals surface area contributed by atoms with Gasteiger partial charge in [0.25, 0.3) is 5.69 Å². The number of thioether (sulfide) groups is 1. The molecule has 0 bridgehead atoms. The Morgan fingerprint density at radius 2 is 2.03 bits per heavy atom. The minimum Gasteiger partial charge on any atom is -0.461 e. The van der Waals surface area contributed by atoms with Crippen LogP contribution in [0.4, 0.5) is 10.8 Å². The van der Waals surface area contributed by atoms with Crippen LogP contribution in [0.15, 0.2) is 82.7 Å². The average Bonchev–Trinajstić information content (AvgIpc) is 3.65. The zero-order valence-electron chi connectivity index (χ0n) is 19.5. The lowest BCUT2D eigenvalue weighted by atomic mass is 10.1. The van der Waals surface area contributed by atoms with Crippen LogP contribution < -0.4 is 5.32 Å². The van der Waals surface area contributed by atoms with Crippen LogP contribution in [0.2, 0.25) is 0 Å². The van der Waals surface area contributed by atoms with E-state index in [1.165, 1.54) is 35.2 Å². The number of nitrogens with one attached hydrogen (secondary N) is 1. The molecule has 37 heavy (non-hydrogen) atoms. The van der Waals surface area contributed by atoms with Gasteiger partial charge in [0, 0.05) is 29.6 Å². The van der Waals surface area contributed by atoms with E-state index in [0.717, 1.165) is 21.7 Å². The minimum atomic E-state index is -0.420. The molecule has 186 valence electrons. The van der Waals surface area contributed by atoms with Gasteiger partial charge in [0.15, 0.2) is 16.0 Å². The standard InChI is InChI=1S/C25H20N6O4S2/c1-16-6-2-3-9-20(16)30-23(21-10-5-11-35-21)28-29-25(30)36-15-22(32)27-24-26-14-19(37-24)13-17-7-4-8-18(12-17)31(33)34/h2-12,14H,13,15H2,1H3,(H,26,27,32). The van der Waals surface area contributed by atoms with Gasteiger partial charge < -0.3 is 9.73 Å². The summed E-state index contributed by atoms with van der Waals surface area (Å²) >= 11 is 2.59. The van der Waals surface area contributed by atoms with E-state index in [0.29, 0.717) is 28.3 Å². The number of aromatic nitrogens is 4. The largest absolute Gasteiger partial charge is 0.461 e. The van der Waals surface area contributed by atoms with E-state index < -0.39 is 4.92 Å². The highest BCUT2D eigenvalue weighted by Crippen LogP contribution is 2.30. The molecule has 0 unspecified atom stereocenters. The van der Waals surface area contributed by atoms with Gasteiger partial charge in [0.05, 0.1) is 22.6 Å². The van der Waals surface area contributed by atoms with Crippen LogP contribution in [-0.2, 0) is 11.2 Å². The zero-order chi connectivity index (χ0) is 25.8. The first-order valence-electron chi connectivity index (χ1n) is 11.1. The maximum atomic E-state index is 12.7. The van der Waals surface area contributed by atoms with Gasteiger partial charge in [-0.3, -0.25) is 19.5 Å². The molecule has 1 N–H and O–H groups in total. The normalized spacial score (nSPS) is 10.9. The van der Waals surface area contributed by atoms with E-state index in [1.54, 1.807) is 24.6 Å². The summed E-state index contributed by atoms with van der Waals surface area (Å²) in [6.45, 7) is 2.00. The molecule has 5 aromatic rings. The zero-order valence-corrected chi connectivity index (χ0v) is 21.2. The molecule has 2 aromatic carbocycles. The highest BCUT2D eigenvalue weighted by atomic mass is 32.2. The monoisotopic (exact) mass is 532 g/mol. The molecule has 1 amide bonds. The van der Waals surface area contributed by atoms with Crippen molar-refractivity contribution in [1.29, 1.82) is 0 Å². The number of para-hydroxylation sites is 1. The highest BCUT2D eigenvalue weighted by Gasteiger charge is 2.20. The van der Waals surface area contributed by atoms with E-state index >= 15 is 0 Å². The Balaban J connectivity index is 1.27. The van der Waals surface area contributed by atoms with Crippen LogP contribution >= 0.6 is 23.1 Å². The van der Waals surface area contributed by atoms with Crippen LogP contribution in [0.25, 0.3) is 17.3 Å². The number of hydrogen-bond donors (Lipinski definition) is 1. The van der Waals surface area contributed by atoms with Crippen molar-refractivity contribution in [2.75, 3.05) is 11.1 Å². The van der Waals surface area contributed by atoms with Crippen LogP contribution in [-0.4, -0.2) is 36.3 Å². The van der Waals surface area contributed by atoms with Gasteiger partial charge in [-0.05, 0) is 36.2 Å². The number of nitrogens with zero attached hydrogens (tertiary/aromatic N) is 5. The maximum absolute atomic E-state index is 12.7. The van der Waals surface area contributed by atoms with Crippen molar-refractivity contribution in [3.63, 3.8) is 0 Å². The van der Waals surface area contributed by atoms with Crippen molar-refractivity contribution in [2.45, 2.75) is 18.5 Å². The molecule has 5 rings (SSSR count). The smallest absolute Gasteiger partial charge is 0.269 e. The molecule has 0 radical (unpaired) electrons. The van der Waals surface area contributed by atoms with Crippen molar-refractivity contribution in [1.82, 2.24) is 19.7 Å². The average molecular weight is 533 g/mol. The Hall–Kier alpha value is -4.29. The molecule has 0 aliphatic heterocycles. The van der Waals surface area contributed by atoms with Gasteiger partial charge in [0.1, 0.15) is 0 Å². The molecule has 0 aliphatic carbocycles. The molecule has 3 heterocycles. The number of amides is 1. The second kappa shape index (κ2) is 10.8. The summed E-state index contributed by atoms with van der Waals surface area (Å²) in [6.07, 6.45) is 3.73. The molecule has 0 spiro atoms. The third kappa shape index (κ3) is 5.60. The van der Waals surface area contributed by atoms with Gasteiger partial charge in [-0.25, -0.2) is 4.98 Å². The Kier molecular flexibility index (Phi) is 7.10. The number of nitro benzene ring substituents is 1. The van der Waals surface area contributed by atoms with E-state index in [-0.39, 0.29) is 17.3 Å². The van der Waals surface area contributed by atoms with Crippen LogP contribution in [0.1, 0.15) is 16.0 Å². The minimum absolute atomic E-state index is 0.0429. The summed E-state index contributed by atoms with van der Waals surface area (Å²) < 4.78 is 7.43. The molecule has 3 aromatic heterocycles. The van der Waals surface area contributed by atoms with Gasteiger partial charge in [-0.15, -0.1) is 21.5 Å². The lowest BCUT2D eigenvalue weighted by Crippen LogP contribution is -2.14. The first-order valence-corrected chi connectivity index (χ1v) is 12.9. The highest BCUT2D eigenvalue weighted by molar-refractivity contribution is 7.99. The Morgan fingerprint density at radius 1 is 1.16 bits per heavy atom. The van der Waals surface area contributed by atoms with E-state index in [9.17, 15) is 14.9 Å². The Bertz CT molecular complexity index is 1560. The fraction of sp³-hybridized carbons (Fsp3) is 0.120. The number of benzene rings is 2. The van der Waals surface area contributed by atoms with Crippen molar-refractivity contribution >= 4 is 39.8 Å². The molecule has 10 nitrogen and oxygen atoms in total. The fourth-order valence-electron chi connectivity index (χ4n) is 3.67. The summed E-state index contributed by atoms with van der Waals surface area (Å²) in [5.74, 6) is 0.987. The molecular weight excluding hydrogens is 512 g/mol. The number of nitro groups is 1. The number of thiazole rings is 1. The number of aryl methyl sites for hydroxylation is 1. The molecule has 0 saturated carbocycles. The van der Waals surface area contributed by atoms with Gasteiger partial charge >= 0.3 is 0 Å². The predicted molar refractivity (Wildman–Crippen MR) is 141 cm³/mol. The van der Waals surface area contributed by atoms with Crippen LogP contribution in [0, 0.1) is 17.0 Å². The van der Waals surface area contributed by atoms with E-state index in [2.05, 4.69) is 20.5 Å². The Morgan fingerprint density at radius 3 is 2.81 bits per heavy atom. The predicted octanol–water partition coefficient (Wildman–Crippen LogP) is 5.52. The van der Waals surface area contributed by atoms with Gasteiger partial charge in [-0.2, -0.15) is 0 Å². The van der Waals surface area contributed by atoms with Crippen molar-refractivity contribution < 1.29 is 14.1 Å². The topological polar surface area (TPSA) is 129 Å². The second-order valence-corrected chi connectivity index (χ2v) is 10.0. The number of rotatable bonds is 9. The lowest BCUT2D eigenvalue weighted by molar-refractivity contribution is -0.384. The SMILES string of the molecule is Cc1ccccc1-n1c(SCC(=O)Nc2ncc(Cc3cccc([N+](=O)[O-])c3)s2)nnc1-c1ccco1. The third-order valence-corrected chi connectivity index (χ3v) is 7.21. The van der Waals surface area contributed by atoms with Crippen LogP contribution in [0.3, 0.4) is 0 Å². The lowest BCUT2D eigenvalue weighted by Gasteiger charge is -2.11. The first-order chi connectivity index (χ1) is 18.0. The van der Waals surface area contributed by atoms with Crippen LogP contribution in [0.5, 0.6) is 0 Å². The van der Waals surface area contributed by atoms with Gasteiger partial charge in [-0.1, -0.05) is 42.1 Å². The van der Waals surface area contributed by atoms with Crippen molar-refractivity contribution in [3.05, 3.63) is 99.2 Å². The number of carbonyl (C=O) groups is 1. The van der Waals surface area contributed by atoms with E-state index in [1.807, 2.05) is 47.9 Å². The number of furan rings is 1. The quantitative estimate of drug-likeness (QED) is 0.149. The number of anilines is 1. The fourth-order valence-corrected chi connectivity index (χ4v) is 5.28. The van der Waals surface area contributed by atoms with E-state index in [4.69, 9.17) is 4.42 Å². The number of non-ortho nitro benzene ring substituents is 1. The van der Waals surface area contributed by atoms with Crippen molar-refractivity contribution in [2.24, 2.45) is 0 Å². The third-order valence-electron chi connectivity index (χ3n) is 5.36. The second-order valence-electron chi connectivity index (χ2n) is 7.98. The molecule has 0 atom stereocenters. The summed E-state index contributed by atoms with van der Waals surface area (Å²) in [5.41, 5.74) is 2.77. The first kappa shape index (κ1) is 24.4. The molecule has 12 heteroatoms. The molecule has 0 aliphatic rings. The Labute approximate surface area is 219 Å². The molecular formula is C25H20N6O4S2. The van der Waals surface area contributed by atoms with Gasteiger partial charge in [0.2, 0.25) is 11.7 Å². The van der Waals surface area contributed by atoms with Crippen molar-refractivity contribution in [3.8, 4) is 17.3 Å². The number of hydrogen-bond acceptors (Lipinski definition) is 9. The summed E-state index contributed by atoms with van der Waals surface area (Å²) in [4.78, 5) is 28.5. The molecule has 0 saturated heterocycles. The number of carbonyl (C=O) groups excluding carboxylic acids is 1. The summed E-state index contributed by atoms with van der Waals surface area (Å²) in [7, 11) is 0. The molecule has 0 fully saturated rings. The summed E-state index contributed by atoms with van der Waals surface area (Å²) in [6, 6.07) is 17.9.